The van der Waals surface area contributed by atoms with E-state index in [-0.39, 0.29) is 5.92 Å². The second-order valence-corrected chi connectivity index (χ2v) is 5.84. The van der Waals surface area contributed by atoms with Crippen LogP contribution in [0.25, 0.3) is 0 Å². The van der Waals surface area contributed by atoms with Crippen LogP contribution >= 0.6 is 15.9 Å². The van der Waals surface area contributed by atoms with E-state index < -0.39 is 5.41 Å². The summed E-state index contributed by atoms with van der Waals surface area (Å²) in [7, 11) is 0. The van der Waals surface area contributed by atoms with Crippen LogP contribution < -0.4 is 0 Å². The fourth-order valence-electron chi connectivity index (χ4n) is 2.79. The first-order valence-electron chi connectivity index (χ1n) is 6.63. The molecule has 0 aliphatic heterocycles. The van der Waals surface area contributed by atoms with Gasteiger partial charge in [-0.05, 0) is 33.0 Å². The Morgan fingerprint density at radius 1 is 0.950 bits per heavy atom. The molecule has 0 bridgehead atoms. The van der Waals surface area contributed by atoms with Gasteiger partial charge >= 0.3 is 0 Å². The molecule has 2 nitrogen and oxygen atoms in total. The Kier molecular flexibility index (Phi) is 4.61. The Bertz CT molecular complexity index is 539. The third kappa shape index (κ3) is 2.38. The molecule has 0 spiro atoms. The molecule has 104 valence electrons. The Hall–Kier alpha value is -1.61. The molecule has 0 fully saturated rings. The van der Waals surface area contributed by atoms with Gasteiger partial charge in [0.15, 0.2) is 0 Å². The molecule has 0 aromatic heterocycles. The summed E-state index contributed by atoms with van der Waals surface area (Å²) >= 11 is 3.47. The molecule has 0 amide bonds. The Morgan fingerprint density at radius 2 is 1.35 bits per heavy atom. The molecule has 2 rings (SSSR count). The number of halogens is 1. The summed E-state index contributed by atoms with van der Waals surface area (Å²) in [6.07, 6.45) is 0. The molecule has 0 aliphatic carbocycles. The number of nitrogens with zero attached hydrogens (tertiary/aromatic N) is 1. The molecule has 0 heterocycles. The zero-order chi connectivity index (χ0) is 14.6. The molecule has 20 heavy (non-hydrogen) atoms. The van der Waals surface area contributed by atoms with E-state index in [9.17, 15) is 5.21 Å². The first kappa shape index (κ1) is 14.8. The summed E-state index contributed by atoms with van der Waals surface area (Å²) < 4.78 is 0.525. The van der Waals surface area contributed by atoms with Gasteiger partial charge in [0.05, 0.1) is 5.41 Å². The molecule has 0 radical (unpaired) electrons. The lowest BCUT2D eigenvalue weighted by molar-refractivity contribution is 0.313. The second kappa shape index (κ2) is 6.23. The number of hydrogen-bond acceptors (Lipinski definition) is 2. The van der Waals surface area contributed by atoms with E-state index in [0.717, 1.165) is 11.1 Å². The van der Waals surface area contributed by atoms with Gasteiger partial charge in [-0.1, -0.05) is 79.7 Å². The van der Waals surface area contributed by atoms with Gasteiger partial charge in [-0.3, -0.25) is 0 Å². The minimum atomic E-state index is -0.489. The van der Waals surface area contributed by atoms with Crippen molar-refractivity contribution in [3.8, 4) is 0 Å². The summed E-state index contributed by atoms with van der Waals surface area (Å²) in [6.45, 7) is 4.26. The maximum atomic E-state index is 9.38. The van der Waals surface area contributed by atoms with E-state index in [2.05, 4.69) is 59.2 Å². The zero-order valence-corrected chi connectivity index (χ0v) is 13.2. The summed E-state index contributed by atoms with van der Waals surface area (Å²) in [5.74, 6) is 0.220. The monoisotopic (exact) mass is 331 g/mol. The highest BCUT2D eigenvalue weighted by Crippen LogP contribution is 2.42. The fourth-order valence-corrected chi connectivity index (χ4v) is 3.71. The van der Waals surface area contributed by atoms with Gasteiger partial charge in [0.25, 0.3) is 0 Å². The largest absolute Gasteiger partial charge is 0.410 e. The van der Waals surface area contributed by atoms with Gasteiger partial charge in [0, 0.05) is 0 Å². The number of rotatable bonds is 4. The molecule has 0 aliphatic rings. The van der Waals surface area contributed by atoms with Crippen molar-refractivity contribution in [1.29, 1.82) is 0 Å². The highest BCUT2D eigenvalue weighted by atomic mass is 79.9. The van der Waals surface area contributed by atoms with Crippen LogP contribution in [0, 0.1) is 5.92 Å². The van der Waals surface area contributed by atoms with Crippen LogP contribution in [0.2, 0.25) is 0 Å². The number of hydrogen-bond donors (Lipinski definition) is 1. The molecular formula is C17H18BrNO. The predicted octanol–water partition coefficient (Wildman–Crippen LogP) is 4.81. The Labute approximate surface area is 128 Å². The van der Waals surface area contributed by atoms with Crippen molar-refractivity contribution in [3.63, 3.8) is 0 Å². The van der Waals surface area contributed by atoms with E-state index in [0.29, 0.717) is 4.62 Å². The molecule has 0 unspecified atom stereocenters. The lowest BCUT2D eigenvalue weighted by Gasteiger charge is -2.37. The lowest BCUT2D eigenvalue weighted by Crippen LogP contribution is -2.39. The maximum absolute atomic E-state index is 9.38. The van der Waals surface area contributed by atoms with Gasteiger partial charge < -0.3 is 5.21 Å². The van der Waals surface area contributed by atoms with Gasteiger partial charge in [-0.2, -0.15) is 0 Å². The van der Waals surface area contributed by atoms with Crippen molar-refractivity contribution in [3.05, 3.63) is 71.8 Å². The Morgan fingerprint density at radius 3 is 1.65 bits per heavy atom. The summed E-state index contributed by atoms with van der Waals surface area (Å²) in [4.78, 5) is 0. The van der Waals surface area contributed by atoms with Crippen molar-refractivity contribution >= 4 is 20.6 Å². The first-order valence-corrected chi connectivity index (χ1v) is 7.42. The van der Waals surface area contributed by atoms with E-state index >= 15 is 0 Å². The van der Waals surface area contributed by atoms with Gasteiger partial charge in [-0.15, -0.1) is 0 Å². The maximum Gasteiger partial charge on any atom is 0.137 e. The normalized spacial score (nSPS) is 12.7. The minimum Gasteiger partial charge on any atom is -0.410 e. The summed E-state index contributed by atoms with van der Waals surface area (Å²) in [5.41, 5.74) is 1.72. The fraction of sp³-hybridized carbons (Fsp3) is 0.235. The topological polar surface area (TPSA) is 32.6 Å². The number of oxime groups is 1. The smallest absolute Gasteiger partial charge is 0.137 e. The quantitative estimate of drug-likeness (QED) is 0.486. The van der Waals surface area contributed by atoms with Crippen molar-refractivity contribution in [1.82, 2.24) is 0 Å². The highest BCUT2D eigenvalue weighted by molar-refractivity contribution is 9.18. The predicted molar refractivity (Wildman–Crippen MR) is 86.7 cm³/mol. The van der Waals surface area contributed by atoms with Crippen LogP contribution in [0.4, 0.5) is 0 Å². The molecule has 0 saturated heterocycles. The lowest BCUT2D eigenvalue weighted by atomic mass is 9.68. The SMILES string of the molecule is CC(C)C(/C(Br)=N\O)(c1ccccc1)c1ccccc1. The van der Waals surface area contributed by atoms with Gasteiger partial charge in [-0.25, -0.2) is 0 Å². The highest BCUT2D eigenvalue weighted by Gasteiger charge is 2.42. The van der Waals surface area contributed by atoms with Crippen LogP contribution in [-0.4, -0.2) is 9.83 Å². The first-order chi connectivity index (χ1) is 9.64. The van der Waals surface area contributed by atoms with Crippen molar-refractivity contribution in [2.45, 2.75) is 19.3 Å². The van der Waals surface area contributed by atoms with Crippen molar-refractivity contribution in [2.75, 3.05) is 0 Å². The zero-order valence-electron chi connectivity index (χ0n) is 11.6. The van der Waals surface area contributed by atoms with E-state index in [1.165, 1.54) is 0 Å². The van der Waals surface area contributed by atoms with Gasteiger partial charge in [0.2, 0.25) is 0 Å². The summed E-state index contributed by atoms with van der Waals surface area (Å²) in [5, 5.41) is 12.9. The average Bonchev–Trinajstić information content (AvgIpc) is 2.49. The average molecular weight is 332 g/mol. The Balaban J connectivity index is 2.77. The molecule has 3 heteroatoms. The van der Waals surface area contributed by atoms with Crippen LogP contribution in [0.1, 0.15) is 25.0 Å². The van der Waals surface area contributed by atoms with Crippen LogP contribution in [0.15, 0.2) is 65.8 Å². The summed E-state index contributed by atoms with van der Waals surface area (Å²) in [6, 6.07) is 20.3. The van der Waals surface area contributed by atoms with Crippen molar-refractivity contribution < 1.29 is 5.21 Å². The van der Waals surface area contributed by atoms with Crippen molar-refractivity contribution in [2.24, 2.45) is 11.1 Å². The van der Waals surface area contributed by atoms with E-state index in [1.807, 2.05) is 36.4 Å². The standard InChI is InChI=1S/C17H18BrNO/c1-13(2)17(16(18)19-20,14-9-5-3-6-10-14)15-11-7-4-8-12-15/h3-13,20H,1-2H3/b19-16+. The minimum absolute atomic E-state index is 0.220. The molecule has 2 aromatic carbocycles. The third-order valence-electron chi connectivity index (χ3n) is 3.74. The van der Waals surface area contributed by atoms with Crippen LogP contribution in [0.3, 0.4) is 0 Å². The van der Waals surface area contributed by atoms with Crippen LogP contribution in [-0.2, 0) is 5.41 Å². The molecule has 1 N–H and O–H groups in total. The van der Waals surface area contributed by atoms with Gasteiger partial charge in [0.1, 0.15) is 4.62 Å². The molecule has 0 saturated carbocycles. The number of benzene rings is 2. The second-order valence-electron chi connectivity index (χ2n) is 5.09. The molecule has 2 aromatic rings. The molecule has 0 atom stereocenters. The molecular weight excluding hydrogens is 314 g/mol. The van der Waals surface area contributed by atoms with Crippen LogP contribution in [0.5, 0.6) is 0 Å². The van der Waals surface area contributed by atoms with E-state index in [4.69, 9.17) is 0 Å². The third-order valence-corrected chi connectivity index (χ3v) is 4.52. The van der Waals surface area contributed by atoms with E-state index in [1.54, 1.807) is 0 Å².